The summed E-state index contributed by atoms with van der Waals surface area (Å²) in [5, 5.41) is 6.51. The fourth-order valence-electron chi connectivity index (χ4n) is 3.41. The SMILES string of the molecule is CCC(NC(=O)CCC1CCNCC1)c1ncc(-c2ccccc2)[nH]1. The Balaban J connectivity index is 1.55. The highest BCUT2D eigenvalue weighted by atomic mass is 16.1. The summed E-state index contributed by atoms with van der Waals surface area (Å²) in [4.78, 5) is 20.2. The standard InChI is InChI=1S/C20H28N4O/c1-2-17(23-19(25)9-8-15-10-12-21-13-11-15)20-22-14-18(24-20)16-6-4-3-5-7-16/h3-7,14-15,17,21H,2,8-13H2,1H3,(H,22,24)(H,23,25). The van der Waals surface area contributed by atoms with E-state index in [1.165, 1.54) is 12.8 Å². The van der Waals surface area contributed by atoms with E-state index in [0.29, 0.717) is 12.3 Å². The summed E-state index contributed by atoms with van der Waals surface area (Å²) in [5.74, 6) is 1.64. The van der Waals surface area contributed by atoms with Gasteiger partial charge in [-0.25, -0.2) is 4.98 Å². The zero-order valence-electron chi connectivity index (χ0n) is 14.9. The van der Waals surface area contributed by atoms with Gasteiger partial charge in [-0.05, 0) is 50.3 Å². The van der Waals surface area contributed by atoms with Crippen LogP contribution >= 0.6 is 0 Å². The molecule has 134 valence electrons. The summed E-state index contributed by atoms with van der Waals surface area (Å²) in [7, 11) is 0. The minimum atomic E-state index is -0.0574. The number of H-pyrrole nitrogens is 1. The van der Waals surface area contributed by atoms with Crippen molar-refractivity contribution < 1.29 is 4.79 Å². The number of rotatable bonds is 7. The van der Waals surface area contributed by atoms with Crippen LogP contribution in [0.15, 0.2) is 36.5 Å². The van der Waals surface area contributed by atoms with E-state index in [0.717, 1.165) is 43.0 Å². The van der Waals surface area contributed by atoms with Gasteiger partial charge in [0.05, 0.1) is 17.9 Å². The molecule has 0 aliphatic carbocycles. The predicted molar refractivity (Wildman–Crippen MR) is 100 cm³/mol. The van der Waals surface area contributed by atoms with Crippen LogP contribution in [0.4, 0.5) is 0 Å². The van der Waals surface area contributed by atoms with Crippen molar-refractivity contribution in [1.29, 1.82) is 0 Å². The van der Waals surface area contributed by atoms with Crippen LogP contribution in [0.1, 0.15) is 50.9 Å². The number of piperidine rings is 1. The van der Waals surface area contributed by atoms with Crippen LogP contribution in [0.25, 0.3) is 11.3 Å². The zero-order chi connectivity index (χ0) is 17.5. The number of aromatic nitrogens is 2. The topological polar surface area (TPSA) is 69.8 Å². The van der Waals surface area contributed by atoms with Gasteiger partial charge in [0, 0.05) is 6.42 Å². The monoisotopic (exact) mass is 340 g/mol. The number of amides is 1. The van der Waals surface area contributed by atoms with Crippen molar-refractivity contribution in [2.24, 2.45) is 5.92 Å². The van der Waals surface area contributed by atoms with Gasteiger partial charge in [0.1, 0.15) is 5.82 Å². The Hall–Kier alpha value is -2.14. The van der Waals surface area contributed by atoms with Gasteiger partial charge in [0.2, 0.25) is 5.91 Å². The van der Waals surface area contributed by atoms with Gasteiger partial charge < -0.3 is 15.6 Å². The Morgan fingerprint density at radius 2 is 2.04 bits per heavy atom. The molecule has 1 aliphatic heterocycles. The molecule has 1 aromatic heterocycles. The summed E-state index contributed by atoms with van der Waals surface area (Å²) in [5.41, 5.74) is 2.09. The van der Waals surface area contributed by atoms with Gasteiger partial charge in [-0.1, -0.05) is 37.3 Å². The number of hydrogen-bond acceptors (Lipinski definition) is 3. The van der Waals surface area contributed by atoms with E-state index in [1.807, 2.05) is 24.4 Å². The second kappa shape index (κ2) is 8.81. The fraction of sp³-hybridized carbons (Fsp3) is 0.500. The number of benzene rings is 1. The van der Waals surface area contributed by atoms with Crippen LogP contribution in [0.3, 0.4) is 0 Å². The zero-order valence-corrected chi connectivity index (χ0v) is 14.9. The van der Waals surface area contributed by atoms with Crippen molar-refractivity contribution in [3.63, 3.8) is 0 Å². The number of carbonyl (C=O) groups excluding carboxylic acids is 1. The number of carbonyl (C=O) groups is 1. The molecule has 3 rings (SSSR count). The fourth-order valence-corrected chi connectivity index (χ4v) is 3.41. The van der Waals surface area contributed by atoms with Crippen LogP contribution in [0.5, 0.6) is 0 Å². The van der Waals surface area contributed by atoms with Crippen molar-refractivity contribution in [1.82, 2.24) is 20.6 Å². The summed E-state index contributed by atoms with van der Waals surface area (Å²) in [6.45, 7) is 4.24. The normalized spacial score (nSPS) is 16.5. The second-order valence-corrected chi connectivity index (χ2v) is 6.81. The largest absolute Gasteiger partial charge is 0.346 e. The van der Waals surface area contributed by atoms with Crippen molar-refractivity contribution in [2.45, 2.75) is 45.1 Å². The molecule has 25 heavy (non-hydrogen) atoms. The summed E-state index contributed by atoms with van der Waals surface area (Å²) < 4.78 is 0. The molecule has 1 unspecified atom stereocenters. The number of nitrogens with one attached hydrogen (secondary N) is 3. The lowest BCUT2D eigenvalue weighted by Gasteiger charge is -2.22. The maximum atomic E-state index is 12.3. The van der Waals surface area contributed by atoms with Crippen molar-refractivity contribution in [2.75, 3.05) is 13.1 Å². The number of nitrogens with zero attached hydrogens (tertiary/aromatic N) is 1. The van der Waals surface area contributed by atoms with Crippen molar-refractivity contribution >= 4 is 5.91 Å². The van der Waals surface area contributed by atoms with Crippen molar-refractivity contribution in [3.05, 3.63) is 42.4 Å². The average Bonchev–Trinajstić information content (AvgIpc) is 3.16. The van der Waals surface area contributed by atoms with E-state index in [2.05, 4.69) is 39.7 Å². The Morgan fingerprint density at radius 3 is 2.76 bits per heavy atom. The third-order valence-electron chi connectivity index (χ3n) is 4.99. The lowest BCUT2D eigenvalue weighted by molar-refractivity contribution is -0.122. The van der Waals surface area contributed by atoms with Gasteiger partial charge in [-0.15, -0.1) is 0 Å². The number of imidazole rings is 1. The van der Waals surface area contributed by atoms with Gasteiger partial charge in [0.15, 0.2) is 0 Å². The molecule has 0 spiro atoms. The summed E-state index contributed by atoms with van der Waals surface area (Å²) in [6.07, 6.45) is 6.62. The average molecular weight is 340 g/mol. The van der Waals surface area contributed by atoms with E-state index in [1.54, 1.807) is 0 Å². The molecule has 1 fully saturated rings. The van der Waals surface area contributed by atoms with Gasteiger partial charge >= 0.3 is 0 Å². The first-order valence-corrected chi connectivity index (χ1v) is 9.36. The predicted octanol–water partition coefficient (Wildman–Crippen LogP) is 3.42. The second-order valence-electron chi connectivity index (χ2n) is 6.81. The molecule has 5 nitrogen and oxygen atoms in total. The maximum Gasteiger partial charge on any atom is 0.220 e. The van der Waals surface area contributed by atoms with Crippen LogP contribution < -0.4 is 10.6 Å². The number of hydrogen-bond donors (Lipinski definition) is 3. The molecule has 0 saturated carbocycles. The van der Waals surface area contributed by atoms with E-state index >= 15 is 0 Å². The van der Waals surface area contributed by atoms with E-state index in [-0.39, 0.29) is 11.9 Å². The highest BCUT2D eigenvalue weighted by molar-refractivity contribution is 5.76. The van der Waals surface area contributed by atoms with Crippen molar-refractivity contribution in [3.8, 4) is 11.3 Å². The Morgan fingerprint density at radius 1 is 1.28 bits per heavy atom. The third-order valence-corrected chi connectivity index (χ3v) is 4.99. The smallest absolute Gasteiger partial charge is 0.220 e. The minimum absolute atomic E-state index is 0.0574. The van der Waals surface area contributed by atoms with E-state index < -0.39 is 0 Å². The van der Waals surface area contributed by atoms with Crippen LogP contribution in [-0.4, -0.2) is 29.0 Å². The Bertz CT molecular complexity index is 661. The molecule has 1 atom stereocenters. The highest BCUT2D eigenvalue weighted by Gasteiger charge is 2.18. The summed E-state index contributed by atoms with van der Waals surface area (Å²) >= 11 is 0. The minimum Gasteiger partial charge on any atom is -0.346 e. The molecule has 1 aliphatic rings. The van der Waals surface area contributed by atoms with Crippen LogP contribution in [0.2, 0.25) is 0 Å². The molecule has 3 N–H and O–H groups in total. The van der Waals surface area contributed by atoms with E-state index in [4.69, 9.17) is 0 Å². The Kier molecular flexibility index (Phi) is 6.23. The molecular weight excluding hydrogens is 312 g/mol. The molecule has 0 bridgehead atoms. The quantitative estimate of drug-likeness (QED) is 0.723. The molecule has 2 heterocycles. The molecule has 1 saturated heterocycles. The lowest BCUT2D eigenvalue weighted by atomic mass is 9.93. The first-order valence-electron chi connectivity index (χ1n) is 9.36. The first kappa shape index (κ1) is 17.7. The highest BCUT2D eigenvalue weighted by Crippen LogP contribution is 2.21. The van der Waals surface area contributed by atoms with E-state index in [9.17, 15) is 4.79 Å². The lowest BCUT2D eigenvalue weighted by Crippen LogP contribution is -2.31. The maximum absolute atomic E-state index is 12.3. The molecular formula is C20H28N4O. The van der Waals surface area contributed by atoms with Gasteiger partial charge in [-0.2, -0.15) is 0 Å². The van der Waals surface area contributed by atoms with Crippen LogP contribution in [-0.2, 0) is 4.79 Å². The molecule has 2 aromatic rings. The molecule has 1 amide bonds. The molecule has 5 heteroatoms. The summed E-state index contributed by atoms with van der Waals surface area (Å²) in [6, 6.07) is 10.1. The molecule has 1 aromatic carbocycles. The Labute approximate surface area is 149 Å². The molecule has 0 radical (unpaired) electrons. The van der Waals surface area contributed by atoms with Gasteiger partial charge in [0.25, 0.3) is 0 Å². The van der Waals surface area contributed by atoms with Crippen LogP contribution in [0, 0.1) is 5.92 Å². The number of aromatic amines is 1. The van der Waals surface area contributed by atoms with Gasteiger partial charge in [-0.3, -0.25) is 4.79 Å². The first-order chi connectivity index (χ1) is 12.3. The third kappa shape index (κ3) is 4.92.